The molecule has 0 atom stereocenters. The Kier molecular flexibility index (Phi) is 4.15. The summed E-state index contributed by atoms with van der Waals surface area (Å²) in [6.45, 7) is 2.60. The molecule has 1 aromatic carbocycles. The minimum atomic E-state index is -0.0333. The first-order valence-electron chi connectivity index (χ1n) is 7.26. The maximum absolute atomic E-state index is 12.2. The predicted molar refractivity (Wildman–Crippen MR) is 78.0 cm³/mol. The number of nitrogens with zero attached hydrogens (tertiary/aromatic N) is 1. The number of anilines is 1. The first-order valence-corrected chi connectivity index (χ1v) is 7.26. The van der Waals surface area contributed by atoms with Gasteiger partial charge in [-0.3, -0.25) is 9.69 Å². The van der Waals surface area contributed by atoms with Gasteiger partial charge in [-0.15, -0.1) is 0 Å². The van der Waals surface area contributed by atoms with E-state index in [0.29, 0.717) is 29.5 Å². The van der Waals surface area contributed by atoms with E-state index >= 15 is 0 Å². The minimum Gasteiger partial charge on any atom is -0.494 e. The van der Waals surface area contributed by atoms with Gasteiger partial charge in [0.05, 0.1) is 19.3 Å². The molecule has 2 heterocycles. The Bertz CT molecular complexity index is 527. The van der Waals surface area contributed by atoms with E-state index in [1.165, 1.54) is 19.3 Å². The lowest BCUT2D eigenvalue weighted by Gasteiger charge is -2.25. The number of nitrogens with one attached hydrogen (secondary N) is 1. The van der Waals surface area contributed by atoms with Gasteiger partial charge >= 0.3 is 0 Å². The molecule has 1 N–H and O–H groups in total. The molecule has 0 aromatic heterocycles. The van der Waals surface area contributed by atoms with Gasteiger partial charge in [-0.05, 0) is 25.9 Å². The van der Waals surface area contributed by atoms with Crippen LogP contribution in [-0.4, -0.2) is 44.3 Å². The molecule has 0 aliphatic carbocycles. The third kappa shape index (κ3) is 3.21. The smallest absolute Gasteiger partial charge is 0.238 e. The number of fused-ring (bicyclic) bond motifs is 1. The van der Waals surface area contributed by atoms with Gasteiger partial charge < -0.3 is 19.5 Å². The Labute approximate surface area is 124 Å². The van der Waals surface area contributed by atoms with Gasteiger partial charge in [-0.2, -0.15) is 0 Å². The molecule has 6 nitrogen and oxygen atoms in total. The molecule has 1 aromatic rings. The molecule has 6 heteroatoms. The van der Waals surface area contributed by atoms with E-state index in [9.17, 15) is 4.79 Å². The van der Waals surface area contributed by atoms with E-state index in [-0.39, 0.29) is 12.7 Å². The van der Waals surface area contributed by atoms with E-state index in [4.69, 9.17) is 14.2 Å². The Morgan fingerprint density at radius 2 is 1.95 bits per heavy atom. The van der Waals surface area contributed by atoms with Crippen molar-refractivity contribution < 1.29 is 19.0 Å². The van der Waals surface area contributed by atoms with Gasteiger partial charge in [0, 0.05) is 12.1 Å². The van der Waals surface area contributed by atoms with E-state index in [0.717, 1.165) is 13.1 Å². The summed E-state index contributed by atoms with van der Waals surface area (Å²) >= 11 is 0. The third-order valence-corrected chi connectivity index (χ3v) is 3.78. The van der Waals surface area contributed by atoms with Crippen molar-refractivity contribution >= 4 is 11.6 Å². The third-order valence-electron chi connectivity index (χ3n) is 3.78. The molecule has 1 saturated heterocycles. The number of carbonyl (C=O) groups excluding carboxylic acids is 1. The number of hydrogen-bond donors (Lipinski definition) is 1. The summed E-state index contributed by atoms with van der Waals surface area (Å²) in [6.07, 6.45) is 3.59. The topological polar surface area (TPSA) is 60.0 Å². The van der Waals surface area contributed by atoms with Crippen molar-refractivity contribution in [3.05, 3.63) is 12.1 Å². The van der Waals surface area contributed by atoms with E-state index in [1.54, 1.807) is 19.2 Å². The first kappa shape index (κ1) is 14.0. The lowest BCUT2D eigenvalue weighted by Crippen LogP contribution is -2.36. The van der Waals surface area contributed by atoms with E-state index in [1.807, 2.05) is 0 Å². The predicted octanol–water partition coefficient (Wildman–Crippen LogP) is 1.85. The van der Waals surface area contributed by atoms with Crippen molar-refractivity contribution in [3.8, 4) is 17.2 Å². The van der Waals surface area contributed by atoms with Crippen LogP contribution >= 0.6 is 0 Å². The van der Waals surface area contributed by atoms with Crippen LogP contribution < -0.4 is 19.5 Å². The van der Waals surface area contributed by atoms with E-state index < -0.39 is 0 Å². The maximum atomic E-state index is 12.2. The van der Waals surface area contributed by atoms with Crippen molar-refractivity contribution in [2.24, 2.45) is 0 Å². The van der Waals surface area contributed by atoms with Crippen molar-refractivity contribution in [2.45, 2.75) is 19.3 Å². The van der Waals surface area contributed by atoms with Crippen molar-refractivity contribution in [1.82, 2.24) is 4.90 Å². The Morgan fingerprint density at radius 1 is 1.24 bits per heavy atom. The average molecular weight is 292 g/mol. The number of methoxy groups -OCH3 is 1. The molecule has 3 rings (SSSR count). The average Bonchev–Trinajstić information content (AvgIpc) is 2.94. The summed E-state index contributed by atoms with van der Waals surface area (Å²) < 4.78 is 15.9. The number of likely N-dealkylation sites (tertiary alicyclic amines) is 1. The molecule has 1 amide bonds. The Balaban J connectivity index is 1.67. The normalized spacial score (nSPS) is 17.6. The van der Waals surface area contributed by atoms with Crippen LogP contribution in [0.15, 0.2) is 12.1 Å². The molecule has 1 fully saturated rings. The molecule has 114 valence electrons. The van der Waals surface area contributed by atoms with Gasteiger partial charge in [-0.1, -0.05) is 6.42 Å². The highest BCUT2D eigenvalue weighted by atomic mass is 16.7. The van der Waals surface area contributed by atoms with Crippen LogP contribution in [-0.2, 0) is 4.79 Å². The zero-order valence-electron chi connectivity index (χ0n) is 12.2. The van der Waals surface area contributed by atoms with Gasteiger partial charge in [0.2, 0.25) is 12.7 Å². The summed E-state index contributed by atoms with van der Waals surface area (Å²) in [4.78, 5) is 14.3. The van der Waals surface area contributed by atoms with Crippen molar-refractivity contribution in [3.63, 3.8) is 0 Å². The van der Waals surface area contributed by atoms with Crippen LogP contribution in [0.25, 0.3) is 0 Å². The molecule has 0 radical (unpaired) electrons. The Hall–Kier alpha value is -1.95. The quantitative estimate of drug-likeness (QED) is 0.917. The zero-order chi connectivity index (χ0) is 14.7. The number of carbonyl (C=O) groups is 1. The number of benzene rings is 1. The molecule has 0 spiro atoms. The summed E-state index contributed by atoms with van der Waals surface area (Å²) in [6, 6.07) is 3.48. The summed E-state index contributed by atoms with van der Waals surface area (Å²) in [5.74, 6) is 1.81. The molecule has 0 unspecified atom stereocenters. The fraction of sp³-hybridized carbons (Fsp3) is 0.533. The molecular formula is C15H20N2O4. The SMILES string of the molecule is COc1cc2c(cc1NC(=O)CN1CCCCC1)OCO2. The van der Waals surface area contributed by atoms with Crippen LogP contribution in [0.4, 0.5) is 5.69 Å². The monoisotopic (exact) mass is 292 g/mol. The molecule has 2 aliphatic rings. The number of amides is 1. The number of piperidine rings is 1. The van der Waals surface area contributed by atoms with E-state index in [2.05, 4.69) is 10.2 Å². The molecule has 0 bridgehead atoms. The summed E-state index contributed by atoms with van der Waals surface area (Å²) in [5, 5.41) is 2.90. The second-order valence-corrected chi connectivity index (χ2v) is 5.29. The van der Waals surface area contributed by atoms with Gasteiger partial charge in [-0.25, -0.2) is 0 Å². The number of rotatable bonds is 4. The fourth-order valence-corrected chi connectivity index (χ4v) is 2.70. The molecular weight excluding hydrogens is 272 g/mol. The molecule has 0 saturated carbocycles. The van der Waals surface area contributed by atoms with Crippen LogP contribution in [0.5, 0.6) is 17.2 Å². The van der Waals surface area contributed by atoms with Crippen LogP contribution in [0.2, 0.25) is 0 Å². The highest BCUT2D eigenvalue weighted by Gasteiger charge is 2.20. The highest BCUT2D eigenvalue weighted by Crippen LogP contribution is 2.40. The first-order chi connectivity index (χ1) is 10.3. The maximum Gasteiger partial charge on any atom is 0.238 e. The lowest BCUT2D eigenvalue weighted by atomic mass is 10.1. The van der Waals surface area contributed by atoms with Gasteiger partial charge in [0.1, 0.15) is 5.75 Å². The molecule has 2 aliphatic heterocycles. The van der Waals surface area contributed by atoms with Crippen molar-refractivity contribution in [2.75, 3.05) is 38.9 Å². The van der Waals surface area contributed by atoms with Crippen LogP contribution in [0.1, 0.15) is 19.3 Å². The number of ether oxygens (including phenoxy) is 3. The fourth-order valence-electron chi connectivity index (χ4n) is 2.70. The van der Waals surface area contributed by atoms with Gasteiger partial charge in [0.15, 0.2) is 11.5 Å². The van der Waals surface area contributed by atoms with Crippen molar-refractivity contribution in [1.29, 1.82) is 0 Å². The standard InChI is InChI=1S/C15H20N2O4/c1-19-12-8-14-13(20-10-21-14)7-11(12)16-15(18)9-17-5-3-2-4-6-17/h7-8H,2-6,9-10H2,1H3,(H,16,18). The highest BCUT2D eigenvalue weighted by molar-refractivity contribution is 5.94. The molecule has 21 heavy (non-hydrogen) atoms. The van der Waals surface area contributed by atoms with Gasteiger partial charge in [0.25, 0.3) is 0 Å². The summed E-state index contributed by atoms with van der Waals surface area (Å²) in [5.41, 5.74) is 0.615. The van der Waals surface area contributed by atoms with Crippen LogP contribution in [0.3, 0.4) is 0 Å². The summed E-state index contributed by atoms with van der Waals surface area (Å²) in [7, 11) is 1.57. The largest absolute Gasteiger partial charge is 0.494 e. The zero-order valence-corrected chi connectivity index (χ0v) is 12.2. The lowest BCUT2D eigenvalue weighted by molar-refractivity contribution is -0.117. The Morgan fingerprint density at radius 3 is 2.67 bits per heavy atom. The second-order valence-electron chi connectivity index (χ2n) is 5.29. The second kappa shape index (κ2) is 6.22. The van der Waals surface area contributed by atoms with Crippen LogP contribution in [0, 0.1) is 0 Å². The number of hydrogen-bond acceptors (Lipinski definition) is 5. The minimum absolute atomic E-state index is 0.0333.